The number of benzene rings is 3. The lowest BCUT2D eigenvalue weighted by Crippen LogP contribution is -2.47. The summed E-state index contributed by atoms with van der Waals surface area (Å²) in [5.41, 5.74) is 33.3. The molecule has 3 aliphatic heterocycles. The molecule has 0 radical (unpaired) electrons. The SMILES string of the molecule is Cn1cc(-c2cc3c(N4CCN(c5ncc([C@@](C)(N)c6ccc(F)cc6)cn5)CC4)c(Cl)cnn3c2)cn1.Cn1cc(-c2cc3c(N4CCN(c5ncc([C@@](C)(N)c6ccc(F)cc6)cn5)CC4)c(F)cnn3c2)cn1.Cn1cc(-c2cc3c(N4CCN(c5ncc([C@@](C)(N)c6ccc(F)cc6)cn5)CC4)ccnn3c2)cn1. The number of aromatic nitrogens is 18. The fourth-order valence-corrected chi connectivity index (χ4v) is 14.9. The molecule has 0 spiro atoms. The van der Waals surface area contributed by atoms with Gasteiger partial charge in [0.15, 0.2) is 5.82 Å². The van der Waals surface area contributed by atoms with Crippen LogP contribution in [-0.4, -0.2) is 167 Å². The molecule has 0 unspecified atom stereocenters. The average Bonchev–Trinajstić information content (AvgIpc) is 1.69. The van der Waals surface area contributed by atoms with Crippen molar-refractivity contribution in [1.29, 1.82) is 0 Å². The Bertz CT molecular complexity index is 5590. The fourth-order valence-electron chi connectivity index (χ4n) is 14.7. The summed E-state index contributed by atoms with van der Waals surface area (Å²) >= 11 is 6.66. The third-order valence-electron chi connectivity index (χ3n) is 21.4. The highest BCUT2D eigenvalue weighted by Gasteiger charge is 2.32. The minimum Gasteiger partial charge on any atom is -0.366 e. The Kier molecular flexibility index (Phi) is 20.1. The Balaban J connectivity index is 0.000000128. The topological polar surface area (TPSA) is 280 Å². The number of piperazine rings is 3. The average molecular weight is 1550 g/mol. The van der Waals surface area contributed by atoms with Gasteiger partial charge in [-0.05, 0) is 98.1 Å². The van der Waals surface area contributed by atoms with Crippen molar-refractivity contribution in [3.63, 3.8) is 0 Å². The Hall–Kier alpha value is -12.7. The molecule has 0 bridgehead atoms. The largest absolute Gasteiger partial charge is 0.366 e. The molecule has 3 saturated heterocycles. The molecule has 113 heavy (non-hydrogen) atoms. The lowest BCUT2D eigenvalue weighted by atomic mass is 9.87. The van der Waals surface area contributed by atoms with Gasteiger partial charge in [0.25, 0.3) is 0 Å². The number of fused-ring (bicyclic) bond motifs is 3. The number of anilines is 6. The van der Waals surface area contributed by atoms with Gasteiger partial charge in [-0.2, -0.15) is 30.6 Å². The van der Waals surface area contributed by atoms with Crippen molar-refractivity contribution in [3.8, 4) is 33.4 Å². The standard InChI is InChI=1S/C27H27ClFN9.C27H27F2N9.C27H28FN9/c1-27(30,20-3-5-22(29)6-4-20)21-13-31-26(32-14-21)37-9-7-36(8-10-37)25-23(28)15-34-38-17-18(11-24(25)38)19-12-33-35(2)16-19;1-27(30,20-3-5-22(28)6-4-20)21-13-31-26(32-14-21)37-9-7-36(8-10-37)25-23(29)15-34-38-17-18(11-24(25)38)19-12-33-35(2)16-19;1-27(29,21-3-5-23(28)6-4-21)22-15-30-26(31-16-22)36-11-9-35(10-12-36)24-7-8-32-37-18-19(13-25(24)37)20-14-33-34(2)17-20/h2*3-6,11-17H,7-10,30H2,1-2H3;3-8,13-18H,9-12,29H2,1-2H3/t3*27-/m000/s1. The highest BCUT2D eigenvalue weighted by molar-refractivity contribution is 6.34. The number of aryl methyl sites for hydroxylation is 3. The monoisotopic (exact) mass is 1540 g/mol. The normalized spacial score (nSPS) is 15.7. The van der Waals surface area contributed by atoms with Crippen LogP contribution < -0.4 is 46.6 Å². The lowest BCUT2D eigenvalue weighted by molar-refractivity contribution is 0.579. The van der Waals surface area contributed by atoms with Crippen LogP contribution in [0, 0.1) is 23.3 Å². The zero-order chi connectivity index (χ0) is 78.5. The third-order valence-corrected chi connectivity index (χ3v) is 21.7. The maximum absolute atomic E-state index is 15.1. The van der Waals surface area contributed by atoms with Gasteiger partial charge < -0.3 is 46.6 Å². The van der Waals surface area contributed by atoms with Crippen LogP contribution in [0.3, 0.4) is 0 Å². The summed E-state index contributed by atoms with van der Waals surface area (Å²) in [4.78, 5) is 40.7. The van der Waals surface area contributed by atoms with Crippen LogP contribution in [-0.2, 0) is 37.8 Å². The number of nitrogens with zero attached hydrogens (tertiary/aromatic N) is 24. The molecule has 3 aromatic carbocycles. The van der Waals surface area contributed by atoms with Crippen LogP contribution in [0.5, 0.6) is 0 Å². The first-order chi connectivity index (χ1) is 54.5. The van der Waals surface area contributed by atoms with Gasteiger partial charge in [0.05, 0.1) is 80.5 Å². The van der Waals surface area contributed by atoms with Gasteiger partial charge in [-0.15, -0.1) is 0 Å². The van der Waals surface area contributed by atoms with Gasteiger partial charge in [0, 0.05) is 230 Å². The fraction of sp³-hybridized carbons (Fsp3) is 0.259. The molecule has 3 atom stereocenters. The molecule has 0 aliphatic carbocycles. The molecular formula is C81H82ClF4N27. The van der Waals surface area contributed by atoms with E-state index in [0.717, 1.165) is 142 Å². The second kappa shape index (κ2) is 30.5. The maximum atomic E-state index is 15.1. The van der Waals surface area contributed by atoms with E-state index in [0.29, 0.717) is 60.3 Å². The van der Waals surface area contributed by atoms with Gasteiger partial charge in [0.2, 0.25) is 17.8 Å². The van der Waals surface area contributed by atoms with Gasteiger partial charge in [0.1, 0.15) is 23.1 Å². The summed E-state index contributed by atoms with van der Waals surface area (Å²) in [6.45, 7) is 14.3. The number of hydrogen-bond donors (Lipinski definition) is 3. The molecule has 3 fully saturated rings. The van der Waals surface area contributed by atoms with Gasteiger partial charge >= 0.3 is 0 Å². The van der Waals surface area contributed by atoms with Crippen molar-refractivity contribution >= 4 is 63.1 Å². The molecule has 12 aromatic heterocycles. The number of halogens is 5. The summed E-state index contributed by atoms with van der Waals surface area (Å²) in [5, 5.41) is 26.6. The summed E-state index contributed by atoms with van der Waals surface area (Å²) < 4.78 is 65.9. The molecule has 32 heteroatoms. The first-order valence-corrected chi connectivity index (χ1v) is 37.3. The van der Waals surface area contributed by atoms with E-state index in [1.807, 2.05) is 118 Å². The first kappa shape index (κ1) is 74.4. The Morgan fingerprint density at radius 1 is 0.319 bits per heavy atom. The van der Waals surface area contributed by atoms with Crippen LogP contribution in [0.15, 0.2) is 209 Å². The quantitative estimate of drug-likeness (QED) is 0.0804. The van der Waals surface area contributed by atoms with E-state index in [4.69, 9.17) is 28.8 Å². The van der Waals surface area contributed by atoms with E-state index < -0.39 is 16.6 Å². The molecule has 0 saturated carbocycles. The molecule has 18 rings (SSSR count). The summed E-state index contributed by atoms with van der Waals surface area (Å²) in [5.74, 6) is 0.665. The Morgan fingerprint density at radius 3 is 0.982 bits per heavy atom. The van der Waals surface area contributed by atoms with Crippen LogP contribution in [0.4, 0.5) is 52.5 Å². The van der Waals surface area contributed by atoms with E-state index in [2.05, 4.69) is 103 Å². The predicted molar refractivity (Wildman–Crippen MR) is 428 cm³/mol. The summed E-state index contributed by atoms with van der Waals surface area (Å²) in [6.07, 6.45) is 32.6. The van der Waals surface area contributed by atoms with Crippen LogP contribution in [0.2, 0.25) is 5.02 Å². The maximum Gasteiger partial charge on any atom is 0.225 e. The van der Waals surface area contributed by atoms with Gasteiger partial charge in [-0.3, -0.25) is 14.0 Å². The van der Waals surface area contributed by atoms with E-state index in [1.165, 1.54) is 42.6 Å². The second-order valence-electron chi connectivity index (χ2n) is 29.1. The summed E-state index contributed by atoms with van der Waals surface area (Å²) in [6, 6.07) is 26.8. The second-order valence-corrected chi connectivity index (χ2v) is 29.6. The minimum atomic E-state index is -0.860. The molecule has 3 aliphatic rings. The zero-order valence-corrected chi connectivity index (χ0v) is 63.7. The van der Waals surface area contributed by atoms with Crippen molar-refractivity contribution in [2.75, 3.05) is 108 Å². The van der Waals surface area contributed by atoms with Gasteiger partial charge in [-0.1, -0.05) is 48.0 Å². The number of rotatable bonds is 15. The van der Waals surface area contributed by atoms with Crippen molar-refractivity contribution in [2.24, 2.45) is 38.3 Å². The van der Waals surface area contributed by atoms with Crippen molar-refractivity contribution in [1.82, 2.24) is 88.1 Å². The van der Waals surface area contributed by atoms with E-state index in [1.54, 1.807) is 105 Å². The van der Waals surface area contributed by atoms with E-state index in [9.17, 15) is 13.2 Å². The van der Waals surface area contributed by atoms with Crippen molar-refractivity contribution < 1.29 is 17.6 Å². The van der Waals surface area contributed by atoms with Gasteiger partial charge in [-0.25, -0.2) is 61.0 Å². The van der Waals surface area contributed by atoms with E-state index in [-0.39, 0.29) is 23.3 Å². The molecular weight excluding hydrogens is 1460 g/mol. The molecule has 27 nitrogen and oxygen atoms in total. The highest BCUT2D eigenvalue weighted by Crippen LogP contribution is 2.38. The Morgan fingerprint density at radius 2 is 0.628 bits per heavy atom. The van der Waals surface area contributed by atoms with E-state index >= 15 is 4.39 Å². The molecule has 15 heterocycles. The van der Waals surface area contributed by atoms with Crippen molar-refractivity contribution in [3.05, 3.63) is 270 Å². The predicted octanol–water partition coefficient (Wildman–Crippen LogP) is 10.4. The molecule has 6 N–H and O–H groups in total. The van der Waals surface area contributed by atoms with Crippen LogP contribution >= 0.6 is 11.6 Å². The zero-order valence-electron chi connectivity index (χ0n) is 63.0. The third kappa shape index (κ3) is 15.2. The smallest absolute Gasteiger partial charge is 0.225 e. The number of nitrogens with two attached hydrogens (primary N) is 3. The van der Waals surface area contributed by atoms with Crippen LogP contribution in [0.1, 0.15) is 54.2 Å². The first-order valence-electron chi connectivity index (χ1n) is 36.9. The summed E-state index contributed by atoms with van der Waals surface area (Å²) in [7, 11) is 5.68. The molecule has 0 amide bonds. The Labute approximate surface area is 652 Å². The van der Waals surface area contributed by atoms with Crippen molar-refractivity contribution in [2.45, 2.75) is 37.4 Å². The highest BCUT2D eigenvalue weighted by atomic mass is 35.5. The van der Waals surface area contributed by atoms with Crippen LogP contribution in [0.25, 0.3) is 49.9 Å². The minimum absolute atomic E-state index is 0.288. The lowest BCUT2D eigenvalue weighted by Gasteiger charge is -2.36. The molecule has 576 valence electrons. The molecule has 15 aromatic rings. The number of hydrogen-bond acceptors (Lipinski definition) is 21.